The maximum Gasteiger partial charge on any atom is 0.306 e. The van der Waals surface area contributed by atoms with Crippen LogP contribution in [0.5, 0.6) is 0 Å². The lowest BCUT2D eigenvalue weighted by Gasteiger charge is -2.25. The third kappa shape index (κ3) is 15.2. The van der Waals surface area contributed by atoms with Gasteiger partial charge in [0.25, 0.3) is 0 Å². The Labute approximate surface area is 387 Å². The lowest BCUT2D eigenvalue weighted by Crippen LogP contribution is -2.19. The summed E-state index contributed by atoms with van der Waals surface area (Å²) in [5.74, 6) is -3.84. The molecule has 0 saturated heterocycles. The third-order valence-corrected chi connectivity index (χ3v) is 14.6. The molecule has 3 unspecified atom stereocenters. The molecule has 6 aromatic rings. The van der Waals surface area contributed by atoms with Crippen molar-refractivity contribution in [1.29, 1.82) is 0 Å². The Morgan fingerprint density at radius 2 is 0.794 bits per heavy atom. The first-order valence-corrected chi connectivity index (χ1v) is 23.3. The average Bonchev–Trinajstić information content (AvgIpc) is 3.27. The van der Waals surface area contributed by atoms with Gasteiger partial charge in [0.2, 0.25) is 0 Å². The van der Waals surface area contributed by atoms with Gasteiger partial charge in [-0.3, -0.25) is 14.4 Å². The number of carboxylic acid groups (broad SMARTS) is 3. The fourth-order valence-electron chi connectivity index (χ4n) is 6.67. The van der Waals surface area contributed by atoms with Crippen molar-refractivity contribution in [2.45, 2.75) is 111 Å². The minimum Gasteiger partial charge on any atom is -0.481 e. The number of hydrogen-bond donors (Lipinski definition) is 3. The molecule has 0 aliphatic heterocycles. The summed E-state index contributed by atoms with van der Waals surface area (Å²) in [7, 11) is 0. The smallest absolute Gasteiger partial charge is 0.306 e. The number of carbonyl (C=O) groups is 3. The van der Waals surface area contributed by atoms with Crippen LogP contribution in [-0.2, 0) is 33.6 Å². The minimum atomic E-state index is -0.838. The molecule has 6 nitrogen and oxygen atoms in total. The summed E-state index contributed by atoms with van der Waals surface area (Å²) in [4.78, 5) is 41.1. The molecule has 0 heterocycles. The third-order valence-electron chi connectivity index (χ3n) is 10.9. The molecular formula is C54H57O6S3. The maximum absolute atomic E-state index is 11.6. The summed E-state index contributed by atoms with van der Waals surface area (Å²) < 4.78 is 0. The highest BCUT2D eigenvalue weighted by atomic mass is 32.2. The highest BCUT2D eigenvalue weighted by Gasteiger charge is 2.25. The van der Waals surface area contributed by atoms with Crippen LogP contribution in [0, 0.1) is 77.5 Å². The number of benzene rings is 6. The second-order valence-electron chi connectivity index (χ2n) is 15.8. The second-order valence-corrected chi connectivity index (χ2v) is 19.1. The zero-order chi connectivity index (χ0) is 46.2. The van der Waals surface area contributed by atoms with Gasteiger partial charge in [0.1, 0.15) is 0 Å². The molecule has 0 aliphatic rings. The molecule has 9 heteroatoms. The first kappa shape index (κ1) is 50.4. The molecule has 6 aromatic carbocycles. The Kier molecular flexibility index (Phi) is 19.7. The molecule has 6 rings (SSSR count). The van der Waals surface area contributed by atoms with Gasteiger partial charge in [-0.05, 0) is 178 Å². The van der Waals surface area contributed by atoms with Crippen molar-refractivity contribution in [3.8, 4) is 0 Å². The van der Waals surface area contributed by atoms with Crippen LogP contribution in [0.25, 0.3) is 0 Å². The van der Waals surface area contributed by atoms with Gasteiger partial charge in [-0.15, -0.1) is 0 Å². The van der Waals surface area contributed by atoms with Crippen molar-refractivity contribution in [3.05, 3.63) is 177 Å². The number of aryl methyl sites for hydroxylation is 2. The van der Waals surface area contributed by atoms with E-state index in [0.29, 0.717) is 19.3 Å². The molecule has 0 aromatic heterocycles. The van der Waals surface area contributed by atoms with Crippen molar-refractivity contribution in [1.82, 2.24) is 0 Å². The van der Waals surface area contributed by atoms with E-state index >= 15 is 0 Å². The van der Waals surface area contributed by atoms with E-state index in [9.17, 15) is 24.6 Å². The second kappa shape index (κ2) is 24.6. The molecule has 0 saturated carbocycles. The standard InChI is InChI=1S/C26H34O4S.C16H15O2S.C12H8S/c1-13-9-10-14(2)23(17(13)5)31-24-19(7)18(6)21(11-15(3)25(27)28)22(20(24)8)12-16(4)26(29)30;1-12(16(17)18)11-13-7-9-15(10-8-13)19-14-5-3-2-4-6-14;1-3-7-11(8-4-1)13-12-9-5-2-6-10-12/h9-10,15-16H,11-12H2,1-8H3,(H,27,28)(H,29,30);3-10,12H,11H2,1H3,(H,17,18);3-10H. The summed E-state index contributed by atoms with van der Waals surface area (Å²) in [6.07, 6.45) is 1.36. The summed E-state index contributed by atoms with van der Waals surface area (Å²) in [6, 6.07) is 45.1. The average molecular weight is 898 g/mol. The van der Waals surface area contributed by atoms with E-state index in [1.165, 1.54) is 36.3 Å². The van der Waals surface area contributed by atoms with Crippen LogP contribution in [0.15, 0.2) is 139 Å². The molecule has 63 heavy (non-hydrogen) atoms. The molecular weight excluding hydrogens is 841 g/mol. The Balaban J connectivity index is 0.000000229. The Morgan fingerprint density at radius 3 is 1.21 bits per heavy atom. The maximum atomic E-state index is 11.6. The zero-order valence-corrected chi connectivity index (χ0v) is 40.0. The van der Waals surface area contributed by atoms with Gasteiger partial charge in [0, 0.05) is 29.4 Å². The van der Waals surface area contributed by atoms with Crippen molar-refractivity contribution in [3.63, 3.8) is 0 Å². The normalized spacial score (nSPS) is 12.1. The van der Waals surface area contributed by atoms with Gasteiger partial charge in [-0.25, -0.2) is 0 Å². The SMILES string of the molecule is CC(Cc1ccc(Sc2cc[c]cc2)cc1)C(=O)O.Cc1ccc(C)c(Sc2c(C)c(C)c(CC(C)C(=O)O)c(CC(C)C(=O)O)c2C)c1C.[c]1ccc(Sc2cc[c]cc2)cc1. The van der Waals surface area contributed by atoms with Gasteiger partial charge in [-0.1, -0.05) is 117 Å². The van der Waals surface area contributed by atoms with Gasteiger partial charge < -0.3 is 15.3 Å². The zero-order valence-electron chi connectivity index (χ0n) is 37.5. The Hall–Kier alpha value is -5.22. The van der Waals surface area contributed by atoms with Crippen molar-refractivity contribution < 1.29 is 29.7 Å². The lowest BCUT2D eigenvalue weighted by atomic mass is 9.84. The van der Waals surface area contributed by atoms with Gasteiger partial charge in [0.05, 0.1) is 17.8 Å². The number of rotatable bonds is 15. The summed E-state index contributed by atoms with van der Waals surface area (Å²) in [6.45, 7) is 17.7. The van der Waals surface area contributed by atoms with Crippen molar-refractivity contribution in [2.24, 2.45) is 17.8 Å². The first-order valence-electron chi connectivity index (χ1n) is 20.8. The molecule has 0 aliphatic carbocycles. The number of carboxylic acids is 3. The molecule has 3 N–H and O–H groups in total. The number of aliphatic carboxylic acids is 3. The molecule has 0 amide bonds. The Morgan fingerprint density at radius 1 is 0.429 bits per heavy atom. The van der Waals surface area contributed by atoms with Crippen LogP contribution in [0.3, 0.4) is 0 Å². The van der Waals surface area contributed by atoms with Crippen LogP contribution < -0.4 is 0 Å². The Bertz CT molecular complexity index is 2400. The van der Waals surface area contributed by atoms with Crippen LogP contribution in [-0.4, -0.2) is 33.2 Å². The summed E-state index contributed by atoms with van der Waals surface area (Å²) >= 11 is 5.17. The van der Waals surface area contributed by atoms with Gasteiger partial charge in [-0.2, -0.15) is 0 Å². The minimum absolute atomic E-state index is 0.344. The van der Waals surface area contributed by atoms with E-state index < -0.39 is 29.7 Å². The molecule has 0 spiro atoms. The van der Waals surface area contributed by atoms with Crippen LogP contribution in [0.1, 0.15) is 70.8 Å². The predicted molar refractivity (Wildman–Crippen MR) is 257 cm³/mol. The fourth-order valence-corrected chi connectivity index (χ4v) is 9.63. The van der Waals surface area contributed by atoms with Crippen LogP contribution in [0.2, 0.25) is 0 Å². The predicted octanol–water partition coefficient (Wildman–Crippen LogP) is 13.6. The molecule has 0 bridgehead atoms. The molecule has 0 fully saturated rings. The quantitative estimate of drug-likeness (QED) is 0.0927. The van der Waals surface area contributed by atoms with E-state index in [0.717, 1.165) is 43.2 Å². The first-order chi connectivity index (χ1) is 30.0. The van der Waals surface area contributed by atoms with Crippen molar-refractivity contribution >= 4 is 53.2 Å². The largest absolute Gasteiger partial charge is 0.481 e. The highest BCUT2D eigenvalue weighted by Crippen LogP contribution is 2.42. The highest BCUT2D eigenvalue weighted by molar-refractivity contribution is 8.00. The van der Waals surface area contributed by atoms with Gasteiger partial charge >= 0.3 is 17.9 Å². The van der Waals surface area contributed by atoms with E-state index in [1.807, 2.05) is 86.6 Å². The summed E-state index contributed by atoms with van der Waals surface area (Å²) in [5, 5.41) is 27.9. The lowest BCUT2D eigenvalue weighted by molar-refractivity contribution is -0.142. The molecule has 327 valence electrons. The topological polar surface area (TPSA) is 112 Å². The van der Waals surface area contributed by atoms with Crippen molar-refractivity contribution in [2.75, 3.05) is 0 Å². The van der Waals surface area contributed by atoms with E-state index in [1.54, 1.807) is 56.1 Å². The molecule has 3 radical (unpaired) electrons. The van der Waals surface area contributed by atoms with E-state index in [4.69, 9.17) is 5.11 Å². The monoisotopic (exact) mass is 897 g/mol. The summed E-state index contributed by atoms with van der Waals surface area (Å²) in [5.41, 5.74) is 10.0. The van der Waals surface area contributed by atoms with Gasteiger partial charge in [0.15, 0.2) is 0 Å². The van der Waals surface area contributed by atoms with Crippen LogP contribution in [0.4, 0.5) is 0 Å². The fraction of sp³-hybridized carbons (Fsp3) is 0.278. The van der Waals surface area contributed by atoms with E-state index in [-0.39, 0.29) is 5.92 Å². The molecule has 3 atom stereocenters. The van der Waals surface area contributed by atoms with E-state index in [2.05, 4.69) is 82.3 Å². The van der Waals surface area contributed by atoms with Crippen LogP contribution >= 0.6 is 35.3 Å². The number of hydrogen-bond acceptors (Lipinski definition) is 6.